The van der Waals surface area contributed by atoms with Crippen LogP contribution in [0, 0.1) is 0 Å². The number of carbonyl (C=O) groups excluding carboxylic acids is 2. The highest BCUT2D eigenvalue weighted by molar-refractivity contribution is 6.02. The molecule has 3 aromatic rings. The number of para-hydroxylation sites is 1. The fourth-order valence-corrected chi connectivity index (χ4v) is 5.36. The van der Waals surface area contributed by atoms with Gasteiger partial charge in [0.05, 0.1) is 43.3 Å². The highest BCUT2D eigenvalue weighted by Gasteiger charge is 2.36. The van der Waals surface area contributed by atoms with Crippen LogP contribution in [0.3, 0.4) is 0 Å². The highest BCUT2D eigenvalue weighted by atomic mass is 19.4. The van der Waals surface area contributed by atoms with Crippen LogP contribution in [0.25, 0.3) is 0 Å². The third-order valence-corrected chi connectivity index (χ3v) is 7.77. The Morgan fingerprint density at radius 1 is 1.07 bits per heavy atom. The van der Waals surface area contributed by atoms with Crippen LogP contribution >= 0.6 is 0 Å². The Hall–Kier alpha value is -4.36. The summed E-state index contributed by atoms with van der Waals surface area (Å²) in [6.45, 7) is 2.92. The van der Waals surface area contributed by atoms with Gasteiger partial charge in [-0.3, -0.25) is 9.69 Å². The zero-order valence-electron chi connectivity index (χ0n) is 24.6. The molecule has 3 amide bonds. The number of aromatic nitrogens is 1. The van der Waals surface area contributed by atoms with Crippen molar-refractivity contribution in [2.24, 2.45) is 12.1 Å². The van der Waals surface area contributed by atoms with Crippen LogP contribution in [0.1, 0.15) is 29.3 Å². The first kappa shape index (κ1) is 31.1. The first-order valence-corrected chi connectivity index (χ1v) is 14.3. The molecule has 0 saturated carbocycles. The molecule has 2 aliphatic rings. The predicted molar refractivity (Wildman–Crippen MR) is 158 cm³/mol. The average Bonchev–Trinajstić information content (AvgIpc) is 3.65. The molecule has 234 valence electrons. The topological polar surface area (TPSA) is 91.6 Å². The quantitative estimate of drug-likeness (QED) is 0.382. The van der Waals surface area contributed by atoms with Gasteiger partial charge in [0.1, 0.15) is 12.3 Å². The van der Waals surface area contributed by atoms with Crippen LogP contribution in [-0.2, 0) is 22.8 Å². The van der Waals surface area contributed by atoms with Crippen molar-refractivity contribution in [3.05, 3.63) is 83.7 Å². The van der Waals surface area contributed by atoms with Gasteiger partial charge in [0, 0.05) is 57.1 Å². The number of rotatable bonds is 9. The number of ether oxygens (including phenoxy) is 2. The van der Waals surface area contributed by atoms with Crippen molar-refractivity contribution < 1.29 is 32.2 Å². The zero-order valence-corrected chi connectivity index (χ0v) is 24.6. The van der Waals surface area contributed by atoms with Crippen molar-refractivity contribution in [2.45, 2.75) is 18.6 Å². The molecule has 44 heavy (non-hydrogen) atoms. The van der Waals surface area contributed by atoms with Gasteiger partial charge in [0.2, 0.25) is 0 Å². The van der Waals surface area contributed by atoms with E-state index in [-0.39, 0.29) is 18.8 Å². The molecule has 1 saturated heterocycles. The number of hydrogen-bond acceptors (Lipinski definition) is 6. The lowest BCUT2D eigenvalue weighted by atomic mass is 9.99. The van der Waals surface area contributed by atoms with Crippen LogP contribution < -0.4 is 10.1 Å². The van der Waals surface area contributed by atoms with Crippen molar-refractivity contribution >= 4 is 23.3 Å². The smallest absolute Gasteiger partial charge is 0.416 e. The summed E-state index contributed by atoms with van der Waals surface area (Å²) >= 11 is 0. The average molecular weight is 613 g/mol. The van der Waals surface area contributed by atoms with E-state index in [1.54, 1.807) is 7.11 Å². The number of nitrogens with zero attached hydrogens (tertiary/aromatic N) is 5. The number of benzene rings is 2. The predicted octanol–water partition coefficient (Wildman–Crippen LogP) is 4.60. The molecule has 0 unspecified atom stereocenters. The molecule has 1 aromatic heterocycles. The largest absolute Gasteiger partial charge is 0.496 e. The number of aryl methyl sites for hydroxylation is 1. The number of carbonyl (C=O) groups is 2. The van der Waals surface area contributed by atoms with E-state index in [0.29, 0.717) is 45.0 Å². The molecule has 3 heterocycles. The molecule has 0 radical (unpaired) electrons. The van der Waals surface area contributed by atoms with Gasteiger partial charge >= 0.3 is 12.2 Å². The minimum absolute atomic E-state index is 0.184. The summed E-state index contributed by atoms with van der Waals surface area (Å²) in [4.78, 5) is 31.0. The van der Waals surface area contributed by atoms with Crippen LogP contribution in [0.4, 0.5) is 23.7 Å². The van der Waals surface area contributed by atoms with E-state index in [2.05, 4.69) is 10.2 Å². The van der Waals surface area contributed by atoms with E-state index in [1.807, 2.05) is 54.2 Å². The second-order valence-electron chi connectivity index (χ2n) is 10.6. The monoisotopic (exact) mass is 612 g/mol. The number of urea groups is 1. The standard InChI is InChI=1S/C31H35F3N6O4/c1-37-13-5-7-26(37)25-20-27(24-6-3-4-8-28(24)43-2)40(36-25)29(41)21-39(15-14-38-16-18-44-19-17-38)30(42)35-23-11-9-22(10-12-23)31(32,33)34/h3-13,27H,14-21H2,1-2H3,(H,35,42)/t27-/m0/s1. The molecule has 0 spiro atoms. The van der Waals surface area contributed by atoms with Gasteiger partial charge in [-0.2, -0.15) is 18.3 Å². The summed E-state index contributed by atoms with van der Waals surface area (Å²) in [5.74, 6) is 0.206. The van der Waals surface area contributed by atoms with E-state index >= 15 is 0 Å². The molecule has 0 bridgehead atoms. The number of nitrogens with one attached hydrogen (secondary N) is 1. The van der Waals surface area contributed by atoms with Crippen molar-refractivity contribution in [2.75, 3.05) is 58.4 Å². The van der Waals surface area contributed by atoms with Crippen molar-refractivity contribution in [3.63, 3.8) is 0 Å². The van der Waals surface area contributed by atoms with Crippen molar-refractivity contribution in [3.8, 4) is 5.75 Å². The molecule has 0 aliphatic carbocycles. The van der Waals surface area contributed by atoms with Gasteiger partial charge in [0.15, 0.2) is 0 Å². The molecule has 2 aromatic carbocycles. The van der Waals surface area contributed by atoms with Crippen LogP contribution in [0.5, 0.6) is 5.75 Å². The fourth-order valence-electron chi connectivity index (χ4n) is 5.36. The first-order valence-electron chi connectivity index (χ1n) is 14.3. The van der Waals surface area contributed by atoms with Crippen molar-refractivity contribution in [1.82, 2.24) is 19.4 Å². The van der Waals surface area contributed by atoms with Gasteiger partial charge < -0.3 is 24.3 Å². The van der Waals surface area contributed by atoms with Crippen molar-refractivity contribution in [1.29, 1.82) is 0 Å². The molecule has 1 N–H and O–H groups in total. The van der Waals surface area contributed by atoms with E-state index in [9.17, 15) is 22.8 Å². The maximum atomic E-state index is 14.0. The Kier molecular flexibility index (Phi) is 9.55. The SMILES string of the molecule is COc1ccccc1[C@@H]1CC(c2cccn2C)=NN1C(=O)CN(CCN1CCOCC1)C(=O)Nc1ccc(C(F)(F)F)cc1. The Balaban J connectivity index is 1.39. The molecular weight excluding hydrogens is 577 g/mol. The van der Waals surface area contributed by atoms with Gasteiger partial charge in [-0.1, -0.05) is 18.2 Å². The second kappa shape index (κ2) is 13.5. The first-order chi connectivity index (χ1) is 21.1. The maximum Gasteiger partial charge on any atom is 0.416 e. The highest BCUT2D eigenvalue weighted by Crippen LogP contribution is 2.37. The molecule has 1 atom stereocenters. The lowest BCUT2D eigenvalue weighted by molar-refractivity contribution is -0.137. The fraction of sp³-hybridized carbons (Fsp3) is 0.387. The van der Waals surface area contributed by atoms with Gasteiger partial charge in [-0.15, -0.1) is 0 Å². The number of hydrogen-bond donors (Lipinski definition) is 1. The number of halogens is 3. The second-order valence-corrected chi connectivity index (χ2v) is 10.6. The molecule has 2 aliphatic heterocycles. The number of hydrazone groups is 1. The Labute approximate surface area is 253 Å². The summed E-state index contributed by atoms with van der Waals surface area (Å²) in [5.41, 5.74) is 1.73. The van der Waals surface area contributed by atoms with Crippen LogP contribution in [-0.4, -0.2) is 90.1 Å². The van der Waals surface area contributed by atoms with E-state index in [4.69, 9.17) is 14.6 Å². The molecule has 5 rings (SSSR count). The maximum absolute atomic E-state index is 14.0. The van der Waals surface area contributed by atoms with Crippen LogP contribution in [0.2, 0.25) is 0 Å². The Morgan fingerprint density at radius 2 is 1.80 bits per heavy atom. The Bertz CT molecular complexity index is 1480. The minimum atomic E-state index is -4.49. The summed E-state index contributed by atoms with van der Waals surface area (Å²) in [6.07, 6.45) is -2.15. The number of methoxy groups -OCH3 is 1. The third-order valence-electron chi connectivity index (χ3n) is 7.77. The minimum Gasteiger partial charge on any atom is -0.496 e. The van der Waals surface area contributed by atoms with E-state index in [1.165, 1.54) is 22.0 Å². The van der Waals surface area contributed by atoms with E-state index in [0.717, 1.165) is 29.1 Å². The number of alkyl halides is 3. The van der Waals surface area contributed by atoms with Gasteiger partial charge in [0.25, 0.3) is 5.91 Å². The number of anilines is 1. The Morgan fingerprint density at radius 3 is 2.45 bits per heavy atom. The van der Waals surface area contributed by atoms with Gasteiger partial charge in [-0.25, -0.2) is 9.80 Å². The molecule has 10 nitrogen and oxygen atoms in total. The number of amides is 3. The van der Waals surface area contributed by atoms with Crippen LogP contribution in [0.15, 0.2) is 72.0 Å². The normalized spacial score (nSPS) is 17.3. The lowest BCUT2D eigenvalue weighted by Crippen LogP contribution is -2.47. The van der Waals surface area contributed by atoms with Gasteiger partial charge in [-0.05, 0) is 42.5 Å². The summed E-state index contributed by atoms with van der Waals surface area (Å²) in [5, 5.41) is 8.80. The lowest BCUT2D eigenvalue weighted by Gasteiger charge is -2.31. The summed E-state index contributed by atoms with van der Waals surface area (Å²) < 4.78 is 52.1. The zero-order chi connectivity index (χ0) is 31.3. The molecular formula is C31H35F3N6O4. The third kappa shape index (κ3) is 7.22. The summed E-state index contributed by atoms with van der Waals surface area (Å²) in [6, 6.07) is 14.4. The molecule has 1 fully saturated rings. The molecule has 13 heteroatoms. The summed E-state index contributed by atoms with van der Waals surface area (Å²) in [7, 11) is 3.47. The van der Waals surface area contributed by atoms with E-state index < -0.39 is 29.7 Å². The number of morpholine rings is 1.